The van der Waals surface area contributed by atoms with Crippen LogP contribution >= 0.6 is 0 Å². The monoisotopic (exact) mass is 297 g/mol. The van der Waals surface area contributed by atoms with E-state index in [4.69, 9.17) is 0 Å². The molecule has 0 aromatic heterocycles. The predicted octanol–water partition coefficient (Wildman–Crippen LogP) is 2.76. The van der Waals surface area contributed by atoms with Gasteiger partial charge < -0.3 is 16.0 Å². The Hall–Kier alpha value is -2.30. The second-order valence-electron chi connectivity index (χ2n) is 6.47. The van der Waals surface area contributed by atoms with Gasteiger partial charge in [0.2, 0.25) is 5.91 Å². The maximum Gasteiger partial charge on any atom is 0.242 e. The van der Waals surface area contributed by atoms with Crippen LogP contribution in [0.15, 0.2) is 23.8 Å². The fraction of sp³-hybridized carbons (Fsp3) is 0.412. The highest BCUT2D eigenvalue weighted by molar-refractivity contribution is 6.21. The number of allylic oxidation sites excluding steroid dienone is 1. The molecule has 2 atom stereocenters. The third kappa shape index (κ3) is 1.65. The predicted molar refractivity (Wildman–Crippen MR) is 86.1 cm³/mol. The molecular weight excluding hydrogens is 278 g/mol. The van der Waals surface area contributed by atoms with Crippen molar-refractivity contribution in [3.8, 4) is 0 Å². The Bertz CT molecular complexity index is 738. The number of nitrogens with one attached hydrogen (secondary N) is 3. The standard InChI is InChI=1S/C17H19N3O2/c1-9(21)17(2)11-7-13-14(8-12(11)20-16(17)22)19-15(18-13)10-5-3-4-6-10/h5,7-8,15,18-19H,3-4,6H2,1-2H3,(H,20,22). The summed E-state index contributed by atoms with van der Waals surface area (Å²) in [5.41, 5.74) is 3.73. The van der Waals surface area contributed by atoms with Crippen molar-refractivity contribution in [2.24, 2.45) is 0 Å². The molecule has 2 heterocycles. The number of hydrogen-bond acceptors (Lipinski definition) is 4. The summed E-state index contributed by atoms with van der Waals surface area (Å²) in [7, 11) is 0. The summed E-state index contributed by atoms with van der Waals surface area (Å²) < 4.78 is 0. The number of amides is 1. The Morgan fingerprint density at radius 3 is 2.59 bits per heavy atom. The molecule has 2 aliphatic heterocycles. The number of benzene rings is 1. The number of fused-ring (bicyclic) bond motifs is 2. The van der Waals surface area contributed by atoms with Gasteiger partial charge in [0.05, 0.1) is 11.4 Å². The lowest BCUT2D eigenvalue weighted by molar-refractivity contribution is -0.130. The summed E-state index contributed by atoms with van der Waals surface area (Å²) in [6.07, 6.45) is 5.87. The van der Waals surface area contributed by atoms with Crippen LogP contribution in [0.2, 0.25) is 0 Å². The lowest BCUT2D eigenvalue weighted by Gasteiger charge is -2.18. The lowest BCUT2D eigenvalue weighted by Crippen LogP contribution is -2.37. The van der Waals surface area contributed by atoms with Crippen molar-refractivity contribution in [1.82, 2.24) is 0 Å². The zero-order valence-electron chi connectivity index (χ0n) is 12.7. The van der Waals surface area contributed by atoms with E-state index in [2.05, 4.69) is 22.0 Å². The summed E-state index contributed by atoms with van der Waals surface area (Å²) in [6.45, 7) is 3.17. The second kappa shape index (κ2) is 4.35. The first kappa shape index (κ1) is 13.4. The van der Waals surface area contributed by atoms with E-state index >= 15 is 0 Å². The van der Waals surface area contributed by atoms with Gasteiger partial charge in [-0.3, -0.25) is 9.59 Å². The molecule has 0 bridgehead atoms. The highest BCUT2D eigenvalue weighted by Gasteiger charge is 2.47. The summed E-state index contributed by atoms with van der Waals surface area (Å²) >= 11 is 0. The smallest absolute Gasteiger partial charge is 0.242 e. The van der Waals surface area contributed by atoms with Gasteiger partial charge in [-0.05, 0) is 50.8 Å². The molecule has 5 nitrogen and oxygen atoms in total. The Kier molecular flexibility index (Phi) is 2.64. The number of anilines is 3. The topological polar surface area (TPSA) is 70.2 Å². The molecule has 0 radical (unpaired) electrons. The quantitative estimate of drug-likeness (QED) is 0.580. The van der Waals surface area contributed by atoms with Gasteiger partial charge in [0.1, 0.15) is 17.4 Å². The van der Waals surface area contributed by atoms with E-state index in [-0.39, 0.29) is 17.9 Å². The summed E-state index contributed by atoms with van der Waals surface area (Å²) in [5, 5.41) is 9.77. The molecule has 1 aliphatic carbocycles. The minimum atomic E-state index is -1.09. The molecule has 2 unspecified atom stereocenters. The summed E-state index contributed by atoms with van der Waals surface area (Å²) in [6, 6.07) is 3.87. The van der Waals surface area contributed by atoms with E-state index in [0.29, 0.717) is 0 Å². The average molecular weight is 297 g/mol. The number of rotatable bonds is 2. The van der Waals surface area contributed by atoms with Crippen LogP contribution in [-0.4, -0.2) is 17.9 Å². The molecule has 1 aromatic carbocycles. The molecule has 4 rings (SSSR count). The maximum absolute atomic E-state index is 12.2. The van der Waals surface area contributed by atoms with Crippen LogP contribution in [0.4, 0.5) is 17.1 Å². The molecule has 0 saturated heterocycles. The summed E-state index contributed by atoms with van der Waals surface area (Å²) in [4.78, 5) is 24.2. The first-order valence-corrected chi connectivity index (χ1v) is 7.73. The highest BCUT2D eigenvalue weighted by atomic mass is 16.2. The number of ketones is 1. The van der Waals surface area contributed by atoms with E-state index < -0.39 is 5.41 Å². The fourth-order valence-corrected chi connectivity index (χ4v) is 3.57. The molecule has 1 amide bonds. The van der Waals surface area contributed by atoms with E-state index in [1.165, 1.54) is 18.9 Å². The van der Waals surface area contributed by atoms with Crippen LogP contribution in [0.1, 0.15) is 38.7 Å². The van der Waals surface area contributed by atoms with Gasteiger partial charge in [0.25, 0.3) is 0 Å². The molecule has 3 aliphatic rings. The van der Waals surface area contributed by atoms with Crippen molar-refractivity contribution in [2.45, 2.75) is 44.7 Å². The van der Waals surface area contributed by atoms with Crippen LogP contribution in [0.5, 0.6) is 0 Å². The van der Waals surface area contributed by atoms with E-state index in [1.54, 1.807) is 6.92 Å². The molecule has 0 spiro atoms. The van der Waals surface area contributed by atoms with Gasteiger partial charge in [-0.25, -0.2) is 0 Å². The van der Waals surface area contributed by atoms with Crippen molar-refractivity contribution in [1.29, 1.82) is 0 Å². The van der Waals surface area contributed by atoms with Crippen LogP contribution in [0.25, 0.3) is 0 Å². The van der Waals surface area contributed by atoms with Gasteiger partial charge in [-0.1, -0.05) is 6.08 Å². The van der Waals surface area contributed by atoms with Crippen molar-refractivity contribution in [3.05, 3.63) is 29.3 Å². The van der Waals surface area contributed by atoms with Crippen molar-refractivity contribution in [3.63, 3.8) is 0 Å². The Morgan fingerprint density at radius 1 is 1.23 bits per heavy atom. The van der Waals surface area contributed by atoms with Gasteiger partial charge in [0, 0.05) is 11.3 Å². The number of Topliss-reactive ketones (excluding diaryl/α,β-unsaturated/α-hetero) is 1. The lowest BCUT2D eigenvalue weighted by atomic mass is 9.80. The second-order valence-corrected chi connectivity index (χ2v) is 6.47. The Labute approximate surface area is 129 Å². The number of carbonyl (C=O) groups excluding carboxylic acids is 2. The van der Waals surface area contributed by atoms with Gasteiger partial charge >= 0.3 is 0 Å². The largest absolute Gasteiger partial charge is 0.360 e. The summed E-state index contributed by atoms with van der Waals surface area (Å²) in [5.74, 6) is -0.376. The molecule has 0 saturated carbocycles. The number of carbonyl (C=O) groups is 2. The first-order chi connectivity index (χ1) is 10.5. The van der Waals surface area contributed by atoms with Crippen molar-refractivity contribution in [2.75, 3.05) is 16.0 Å². The third-order valence-corrected chi connectivity index (χ3v) is 5.15. The van der Waals surface area contributed by atoms with Crippen LogP contribution in [0.3, 0.4) is 0 Å². The molecule has 114 valence electrons. The van der Waals surface area contributed by atoms with Gasteiger partial charge in [-0.15, -0.1) is 0 Å². The van der Waals surface area contributed by atoms with E-state index in [1.807, 2.05) is 12.1 Å². The minimum absolute atomic E-state index is 0.124. The first-order valence-electron chi connectivity index (χ1n) is 7.73. The highest BCUT2D eigenvalue weighted by Crippen LogP contribution is 2.45. The number of hydrogen-bond donors (Lipinski definition) is 3. The molecular formula is C17H19N3O2. The van der Waals surface area contributed by atoms with Gasteiger partial charge in [0.15, 0.2) is 0 Å². The zero-order valence-corrected chi connectivity index (χ0v) is 12.7. The molecule has 0 fully saturated rings. The normalized spacial score (nSPS) is 28.4. The maximum atomic E-state index is 12.2. The van der Waals surface area contributed by atoms with Crippen LogP contribution in [-0.2, 0) is 15.0 Å². The van der Waals surface area contributed by atoms with E-state index in [0.717, 1.165) is 35.5 Å². The van der Waals surface area contributed by atoms with Crippen molar-refractivity contribution < 1.29 is 9.59 Å². The molecule has 22 heavy (non-hydrogen) atoms. The fourth-order valence-electron chi connectivity index (χ4n) is 3.57. The molecule has 3 N–H and O–H groups in total. The zero-order chi connectivity index (χ0) is 15.5. The van der Waals surface area contributed by atoms with Gasteiger partial charge in [-0.2, -0.15) is 0 Å². The van der Waals surface area contributed by atoms with E-state index in [9.17, 15) is 9.59 Å². The third-order valence-electron chi connectivity index (χ3n) is 5.15. The SMILES string of the molecule is CC(=O)C1(C)C(=O)Nc2cc3c(cc21)NC(C1=CCCC1)N3. The molecule has 1 aromatic rings. The molecule has 5 heteroatoms. The average Bonchev–Trinajstić information content (AvgIpc) is 3.17. The Morgan fingerprint density at radius 2 is 1.95 bits per heavy atom. The van der Waals surface area contributed by atoms with Crippen molar-refractivity contribution >= 4 is 28.8 Å². The Balaban J connectivity index is 1.73. The van der Waals surface area contributed by atoms with Crippen LogP contribution in [0, 0.1) is 0 Å². The minimum Gasteiger partial charge on any atom is -0.360 e. The van der Waals surface area contributed by atoms with Crippen LogP contribution < -0.4 is 16.0 Å².